The fourth-order valence-electron chi connectivity index (χ4n) is 2.67. The fraction of sp³-hybridized carbons (Fsp3) is 0.750. The predicted octanol–water partition coefficient (Wildman–Crippen LogP) is 0.773. The van der Waals surface area contributed by atoms with Crippen molar-refractivity contribution in [3.63, 3.8) is 0 Å². The zero-order valence-electron chi connectivity index (χ0n) is 10.7. The molecule has 1 saturated heterocycles. The summed E-state index contributed by atoms with van der Waals surface area (Å²) in [6.45, 7) is 4.34. The molecule has 1 atom stereocenters. The van der Waals surface area contributed by atoms with E-state index in [4.69, 9.17) is 10.8 Å². The highest BCUT2D eigenvalue weighted by atomic mass is 16.3. The number of aromatic nitrogens is 2. The molecule has 5 heteroatoms. The molecule has 1 aromatic heterocycles. The molecule has 1 fully saturated rings. The normalized spacial score (nSPS) is 20.2. The van der Waals surface area contributed by atoms with Gasteiger partial charge in [-0.2, -0.15) is 5.10 Å². The van der Waals surface area contributed by atoms with Gasteiger partial charge in [0.15, 0.2) is 0 Å². The number of aryl methyl sites for hydroxylation is 2. The van der Waals surface area contributed by atoms with Gasteiger partial charge in [0.05, 0.1) is 11.4 Å². The number of hydrogen-bond acceptors (Lipinski definition) is 4. The molecule has 0 radical (unpaired) electrons. The average molecular weight is 238 g/mol. The predicted molar refractivity (Wildman–Crippen MR) is 69.0 cm³/mol. The topological polar surface area (TPSA) is 67.3 Å². The van der Waals surface area contributed by atoms with Crippen LogP contribution in [0.1, 0.15) is 25.5 Å². The lowest BCUT2D eigenvalue weighted by Gasteiger charge is -2.19. The van der Waals surface area contributed by atoms with Crippen molar-refractivity contribution in [3.8, 4) is 0 Å². The van der Waals surface area contributed by atoms with Crippen molar-refractivity contribution < 1.29 is 5.11 Å². The van der Waals surface area contributed by atoms with Crippen molar-refractivity contribution in [1.82, 2.24) is 9.78 Å². The van der Waals surface area contributed by atoms with E-state index >= 15 is 0 Å². The molecule has 0 aliphatic carbocycles. The van der Waals surface area contributed by atoms with Crippen LogP contribution in [0.5, 0.6) is 0 Å². The molecule has 3 N–H and O–H groups in total. The van der Waals surface area contributed by atoms with Gasteiger partial charge in [-0.25, -0.2) is 0 Å². The highest BCUT2D eigenvalue weighted by molar-refractivity contribution is 5.66. The van der Waals surface area contributed by atoms with Gasteiger partial charge >= 0.3 is 0 Å². The second kappa shape index (κ2) is 4.96. The van der Waals surface area contributed by atoms with Crippen LogP contribution >= 0.6 is 0 Å². The van der Waals surface area contributed by atoms with E-state index in [1.807, 2.05) is 11.7 Å². The molecule has 0 bridgehead atoms. The largest absolute Gasteiger partial charge is 0.396 e. The first kappa shape index (κ1) is 12.2. The van der Waals surface area contributed by atoms with E-state index in [-0.39, 0.29) is 6.61 Å². The van der Waals surface area contributed by atoms with Gasteiger partial charge in [0, 0.05) is 26.7 Å². The molecule has 0 saturated carbocycles. The van der Waals surface area contributed by atoms with Gasteiger partial charge in [-0.3, -0.25) is 4.68 Å². The summed E-state index contributed by atoms with van der Waals surface area (Å²) in [7, 11) is 1.95. The molecule has 17 heavy (non-hydrogen) atoms. The number of anilines is 2. The van der Waals surface area contributed by atoms with Crippen LogP contribution < -0.4 is 10.6 Å². The monoisotopic (exact) mass is 238 g/mol. The molecule has 1 aliphatic heterocycles. The Bertz CT molecular complexity index is 388. The minimum atomic E-state index is 0.277. The molecular formula is C12H22N4O. The van der Waals surface area contributed by atoms with Crippen molar-refractivity contribution >= 4 is 11.5 Å². The van der Waals surface area contributed by atoms with Gasteiger partial charge in [-0.15, -0.1) is 0 Å². The second-order valence-electron chi connectivity index (χ2n) is 4.77. The maximum atomic E-state index is 8.97. The van der Waals surface area contributed by atoms with Gasteiger partial charge in [0.1, 0.15) is 5.82 Å². The van der Waals surface area contributed by atoms with Crippen molar-refractivity contribution in [3.05, 3.63) is 5.69 Å². The molecule has 2 heterocycles. The minimum absolute atomic E-state index is 0.277. The van der Waals surface area contributed by atoms with Crippen molar-refractivity contribution in [2.75, 3.05) is 30.3 Å². The van der Waals surface area contributed by atoms with E-state index < -0.39 is 0 Å². The van der Waals surface area contributed by atoms with E-state index in [1.165, 1.54) is 0 Å². The molecule has 96 valence electrons. The first-order chi connectivity index (χ1) is 8.17. The van der Waals surface area contributed by atoms with E-state index in [2.05, 4.69) is 16.9 Å². The third kappa shape index (κ3) is 2.24. The van der Waals surface area contributed by atoms with Crippen LogP contribution in [0.3, 0.4) is 0 Å². The maximum Gasteiger partial charge on any atom is 0.150 e. The highest BCUT2D eigenvalue weighted by Gasteiger charge is 2.26. The summed E-state index contributed by atoms with van der Waals surface area (Å²) in [4.78, 5) is 2.29. The Kier molecular flexibility index (Phi) is 3.57. The highest BCUT2D eigenvalue weighted by Crippen LogP contribution is 2.31. The van der Waals surface area contributed by atoms with Crippen LogP contribution in [0.15, 0.2) is 0 Å². The number of nitrogen functional groups attached to an aromatic ring is 1. The summed E-state index contributed by atoms with van der Waals surface area (Å²) in [5, 5.41) is 13.4. The zero-order valence-corrected chi connectivity index (χ0v) is 10.7. The zero-order chi connectivity index (χ0) is 12.4. The lowest BCUT2D eigenvalue weighted by atomic mass is 10.1. The number of nitrogens with two attached hydrogens (primary N) is 1. The first-order valence-corrected chi connectivity index (χ1v) is 6.34. The van der Waals surface area contributed by atoms with Crippen LogP contribution in [-0.4, -0.2) is 34.6 Å². The standard InChI is InChI=1S/C12H22N4O/c1-3-10-11(13)12(15(2)14-10)16-6-4-9(8-16)5-7-17/h9,17H,3-8,13H2,1-2H3. The summed E-state index contributed by atoms with van der Waals surface area (Å²) in [5.74, 6) is 1.63. The number of aliphatic hydroxyl groups excluding tert-OH is 1. The van der Waals surface area contributed by atoms with Crippen LogP contribution in [-0.2, 0) is 13.5 Å². The lowest BCUT2D eigenvalue weighted by molar-refractivity contribution is 0.263. The molecule has 1 unspecified atom stereocenters. The molecule has 0 aromatic carbocycles. The number of nitrogens with zero attached hydrogens (tertiary/aromatic N) is 3. The lowest BCUT2D eigenvalue weighted by Crippen LogP contribution is -2.23. The maximum absolute atomic E-state index is 8.97. The summed E-state index contributed by atoms with van der Waals surface area (Å²) in [6, 6.07) is 0. The Labute approximate surface area is 102 Å². The fourth-order valence-corrected chi connectivity index (χ4v) is 2.67. The Morgan fingerprint density at radius 2 is 2.29 bits per heavy atom. The molecule has 0 amide bonds. The number of aliphatic hydroxyl groups is 1. The van der Waals surface area contributed by atoms with E-state index in [0.29, 0.717) is 5.92 Å². The van der Waals surface area contributed by atoms with Crippen molar-refractivity contribution in [1.29, 1.82) is 0 Å². The number of hydrogen-bond donors (Lipinski definition) is 2. The minimum Gasteiger partial charge on any atom is -0.396 e. The van der Waals surface area contributed by atoms with Crippen LogP contribution in [0, 0.1) is 5.92 Å². The van der Waals surface area contributed by atoms with Gasteiger partial charge < -0.3 is 15.7 Å². The molecule has 1 aliphatic rings. The molecule has 0 spiro atoms. The van der Waals surface area contributed by atoms with Gasteiger partial charge in [-0.1, -0.05) is 6.92 Å². The van der Waals surface area contributed by atoms with E-state index in [1.54, 1.807) is 0 Å². The summed E-state index contributed by atoms with van der Waals surface area (Å²) < 4.78 is 1.88. The van der Waals surface area contributed by atoms with Gasteiger partial charge in [0.2, 0.25) is 0 Å². The Morgan fingerprint density at radius 1 is 1.53 bits per heavy atom. The summed E-state index contributed by atoms with van der Waals surface area (Å²) >= 11 is 0. The van der Waals surface area contributed by atoms with Crippen molar-refractivity contribution in [2.24, 2.45) is 13.0 Å². The quantitative estimate of drug-likeness (QED) is 0.813. The summed E-state index contributed by atoms with van der Waals surface area (Å²) in [5.41, 5.74) is 7.94. The third-order valence-corrected chi connectivity index (χ3v) is 3.59. The van der Waals surface area contributed by atoms with Crippen molar-refractivity contribution in [2.45, 2.75) is 26.2 Å². The smallest absolute Gasteiger partial charge is 0.150 e. The molecule has 2 rings (SSSR count). The van der Waals surface area contributed by atoms with Gasteiger partial charge in [0.25, 0.3) is 0 Å². The van der Waals surface area contributed by atoms with Gasteiger partial charge in [-0.05, 0) is 25.2 Å². The Balaban J connectivity index is 2.15. The van der Waals surface area contributed by atoms with Crippen LogP contribution in [0.2, 0.25) is 0 Å². The SMILES string of the molecule is CCc1nn(C)c(N2CCC(CCO)C2)c1N. The third-order valence-electron chi connectivity index (χ3n) is 3.59. The van der Waals surface area contributed by atoms with E-state index in [9.17, 15) is 0 Å². The first-order valence-electron chi connectivity index (χ1n) is 6.34. The van der Waals surface area contributed by atoms with Crippen LogP contribution in [0.25, 0.3) is 0 Å². The Morgan fingerprint density at radius 3 is 2.88 bits per heavy atom. The average Bonchev–Trinajstić information content (AvgIpc) is 2.84. The Hall–Kier alpha value is -1.23. The summed E-state index contributed by atoms with van der Waals surface area (Å²) in [6.07, 6.45) is 2.88. The van der Waals surface area contributed by atoms with E-state index in [0.717, 1.165) is 49.6 Å². The molecular weight excluding hydrogens is 216 g/mol. The molecule has 1 aromatic rings. The van der Waals surface area contributed by atoms with Crippen LogP contribution in [0.4, 0.5) is 11.5 Å². The molecule has 5 nitrogen and oxygen atoms in total. The second-order valence-corrected chi connectivity index (χ2v) is 4.77. The number of rotatable bonds is 4.